The summed E-state index contributed by atoms with van der Waals surface area (Å²) >= 11 is 6.18. The predicted octanol–water partition coefficient (Wildman–Crippen LogP) is 3.53. The number of H-pyrrole nitrogens is 1. The van der Waals surface area contributed by atoms with E-state index in [-0.39, 0.29) is 6.04 Å². The van der Waals surface area contributed by atoms with Crippen LogP contribution in [0.1, 0.15) is 35.5 Å². The van der Waals surface area contributed by atoms with Gasteiger partial charge in [0.25, 0.3) is 0 Å². The summed E-state index contributed by atoms with van der Waals surface area (Å²) in [7, 11) is 0. The molecule has 3 nitrogen and oxygen atoms in total. The first-order valence-corrected chi connectivity index (χ1v) is 6.45. The van der Waals surface area contributed by atoms with Crippen LogP contribution in [0.25, 0.3) is 0 Å². The van der Waals surface area contributed by atoms with Crippen LogP contribution in [0.4, 0.5) is 0 Å². The average molecular weight is 264 g/mol. The molecule has 2 rings (SSSR count). The van der Waals surface area contributed by atoms with Crippen molar-refractivity contribution in [2.45, 2.75) is 33.4 Å². The summed E-state index contributed by atoms with van der Waals surface area (Å²) in [5.74, 6) is 0. The van der Waals surface area contributed by atoms with Gasteiger partial charge in [0.05, 0.1) is 5.69 Å². The Kier molecular flexibility index (Phi) is 4.04. The van der Waals surface area contributed by atoms with E-state index in [9.17, 15) is 0 Å². The van der Waals surface area contributed by atoms with Gasteiger partial charge in [-0.1, -0.05) is 29.8 Å². The molecule has 0 radical (unpaired) electrons. The second-order valence-corrected chi connectivity index (χ2v) is 4.94. The minimum atomic E-state index is 0.215. The van der Waals surface area contributed by atoms with Gasteiger partial charge in [-0.05, 0) is 32.4 Å². The van der Waals surface area contributed by atoms with Crippen molar-refractivity contribution in [1.29, 1.82) is 0 Å². The van der Waals surface area contributed by atoms with E-state index >= 15 is 0 Å². The number of aryl methyl sites for hydroxylation is 2. The standard InChI is InChI=1S/C14H18ClN3/c1-9(12-6-4-5-7-14(12)15)16-8-13-10(2)17-18-11(13)3/h4-7,9,16H,8H2,1-3H3,(H,17,18)/t9-/m1/s1. The van der Waals surface area contributed by atoms with Gasteiger partial charge in [-0.25, -0.2) is 0 Å². The monoisotopic (exact) mass is 263 g/mol. The molecule has 4 heteroatoms. The van der Waals surface area contributed by atoms with Crippen LogP contribution in [0.5, 0.6) is 0 Å². The van der Waals surface area contributed by atoms with Crippen LogP contribution in [-0.4, -0.2) is 10.2 Å². The van der Waals surface area contributed by atoms with Gasteiger partial charge < -0.3 is 5.32 Å². The molecule has 0 saturated carbocycles. The lowest BCUT2D eigenvalue weighted by molar-refractivity contribution is 0.572. The maximum atomic E-state index is 6.18. The third kappa shape index (κ3) is 2.74. The number of halogens is 1. The van der Waals surface area contributed by atoms with Crippen molar-refractivity contribution in [3.05, 3.63) is 51.8 Å². The highest BCUT2D eigenvalue weighted by atomic mass is 35.5. The number of hydrogen-bond donors (Lipinski definition) is 2. The Morgan fingerprint density at radius 3 is 2.67 bits per heavy atom. The number of hydrogen-bond acceptors (Lipinski definition) is 2. The lowest BCUT2D eigenvalue weighted by Gasteiger charge is -2.15. The highest BCUT2D eigenvalue weighted by Gasteiger charge is 2.11. The molecule has 1 aromatic heterocycles. The fourth-order valence-corrected chi connectivity index (χ4v) is 2.33. The summed E-state index contributed by atoms with van der Waals surface area (Å²) in [5, 5.41) is 11.5. The van der Waals surface area contributed by atoms with Crippen molar-refractivity contribution in [3.63, 3.8) is 0 Å². The Labute approximate surface area is 113 Å². The lowest BCUT2D eigenvalue weighted by Crippen LogP contribution is -2.19. The van der Waals surface area contributed by atoms with E-state index in [0.717, 1.165) is 28.5 Å². The van der Waals surface area contributed by atoms with Crippen LogP contribution in [0.15, 0.2) is 24.3 Å². The molecule has 0 aliphatic heterocycles. The van der Waals surface area contributed by atoms with Crippen molar-refractivity contribution >= 4 is 11.6 Å². The van der Waals surface area contributed by atoms with Crippen molar-refractivity contribution in [2.75, 3.05) is 0 Å². The highest BCUT2D eigenvalue weighted by molar-refractivity contribution is 6.31. The molecule has 0 bridgehead atoms. The second kappa shape index (κ2) is 5.55. The summed E-state index contributed by atoms with van der Waals surface area (Å²) in [4.78, 5) is 0. The second-order valence-electron chi connectivity index (χ2n) is 4.54. The number of aromatic amines is 1. The molecule has 0 saturated heterocycles. The lowest BCUT2D eigenvalue weighted by atomic mass is 10.1. The number of nitrogens with zero attached hydrogens (tertiary/aromatic N) is 1. The van der Waals surface area contributed by atoms with Crippen LogP contribution in [0.2, 0.25) is 5.02 Å². The van der Waals surface area contributed by atoms with Crippen LogP contribution < -0.4 is 5.32 Å². The Morgan fingerprint density at radius 2 is 2.06 bits per heavy atom. The molecule has 96 valence electrons. The molecule has 0 unspecified atom stereocenters. The maximum absolute atomic E-state index is 6.18. The van der Waals surface area contributed by atoms with Gasteiger partial charge in [-0.3, -0.25) is 5.10 Å². The Balaban J connectivity index is 2.05. The summed E-state index contributed by atoms with van der Waals surface area (Å²) < 4.78 is 0. The molecule has 1 aromatic carbocycles. The number of aromatic nitrogens is 2. The minimum Gasteiger partial charge on any atom is -0.306 e. The fraction of sp³-hybridized carbons (Fsp3) is 0.357. The van der Waals surface area contributed by atoms with E-state index in [1.165, 1.54) is 5.56 Å². The van der Waals surface area contributed by atoms with Crippen molar-refractivity contribution in [3.8, 4) is 0 Å². The molecule has 0 aliphatic carbocycles. The van der Waals surface area contributed by atoms with Crippen molar-refractivity contribution in [2.24, 2.45) is 0 Å². The van der Waals surface area contributed by atoms with E-state index < -0.39 is 0 Å². The topological polar surface area (TPSA) is 40.7 Å². The Hall–Kier alpha value is -1.32. The zero-order chi connectivity index (χ0) is 13.1. The van der Waals surface area contributed by atoms with E-state index in [2.05, 4.69) is 28.5 Å². The largest absolute Gasteiger partial charge is 0.306 e. The molecule has 18 heavy (non-hydrogen) atoms. The smallest absolute Gasteiger partial charge is 0.0638 e. The maximum Gasteiger partial charge on any atom is 0.0638 e. The molecule has 1 atom stereocenters. The Bertz CT molecular complexity index is 514. The highest BCUT2D eigenvalue weighted by Crippen LogP contribution is 2.22. The summed E-state index contributed by atoms with van der Waals surface area (Å²) in [6, 6.07) is 8.14. The third-order valence-electron chi connectivity index (χ3n) is 3.24. The summed E-state index contributed by atoms with van der Waals surface area (Å²) in [6.07, 6.45) is 0. The van der Waals surface area contributed by atoms with E-state index in [0.29, 0.717) is 0 Å². The molecule has 2 aromatic rings. The molecule has 0 amide bonds. The zero-order valence-electron chi connectivity index (χ0n) is 10.9. The molecule has 0 fully saturated rings. The van der Waals surface area contributed by atoms with Crippen molar-refractivity contribution < 1.29 is 0 Å². The van der Waals surface area contributed by atoms with Gasteiger partial charge in [-0.2, -0.15) is 5.10 Å². The number of nitrogens with one attached hydrogen (secondary N) is 2. The van der Waals surface area contributed by atoms with Crippen molar-refractivity contribution in [1.82, 2.24) is 15.5 Å². The first kappa shape index (κ1) is 13.1. The summed E-state index contributed by atoms with van der Waals surface area (Å²) in [6.45, 7) is 6.96. The fourth-order valence-electron chi connectivity index (χ4n) is 2.03. The Morgan fingerprint density at radius 1 is 1.33 bits per heavy atom. The molecular weight excluding hydrogens is 246 g/mol. The van der Waals surface area contributed by atoms with Gasteiger partial charge in [0.2, 0.25) is 0 Å². The molecule has 0 aliphatic rings. The number of rotatable bonds is 4. The number of benzene rings is 1. The van der Waals surface area contributed by atoms with Crippen LogP contribution in [-0.2, 0) is 6.54 Å². The van der Waals surface area contributed by atoms with Gasteiger partial charge in [-0.15, -0.1) is 0 Å². The van der Waals surface area contributed by atoms with Crippen LogP contribution >= 0.6 is 11.6 Å². The average Bonchev–Trinajstić information content (AvgIpc) is 2.67. The van der Waals surface area contributed by atoms with Gasteiger partial charge in [0.15, 0.2) is 0 Å². The van der Waals surface area contributed by atoms with E-state index in [1.807, 2.05) is 32.0 Å². The van der Waals surface area contributed by atoms with Crippen LogP contribution in [0, 0.1) is 13.8 Å². The molecule has 2 N–H and O–H groups in total. The molecule has 0 spiro atoms. The first-order valence-electron chi connectivity index (χ1n) is 6.08. The van der Waals surface area contributed by atoms with Gasteiger partial charge in [0, 0.05) is 28.9 Å². The predicted molar refractivity (Wildman–Crippen MR) is 74.8 cm³/mol. The normalized spacial score (nSPS) is 12.7. The minimum absolute atomic E-state index is 0.215. The molecular formula is C14H18ClN3. The first-order chi connectivity index (χ1) is 8.59. The summed E-state index contributed by atoms with van der Waals surface area (Å²) in [5.41, 5.74) is 4.52. The van der Waals surface area contributed by atoms with Gasteiger partial charge in [0.1, 0.15) is 0 Å². The quantitative estimate of drug-likeness (QED) is 0.886. The zero-order valence-corrected chi connectivity index (χ0v) is 11.7. The van der Waals surface area contributed by atoms with E-state index in [4.69, 9.17) is 11.6 Å². The molecule has 1 heterocycles. The third-order valence-corrected chi connectivity index (χ3v) is 3.58. The van der Waals surface area contributed by atoms with Crippen LogP contribution in [0.3, 0.4) is 0 Å². The van der Waals surface area contributed by atoms with E-state index in [1.54, 1.807) is 0 Å². The van der Waals surface area contributed by atoms with Gasteiger partial charge >= 0.3 is 0 Å². The SMILES string of the molecule is Cc1n[nH]c(C)c1CN[C@H](C)c1ccccc1Cl.